The number of nitrogens with zero attached hydrogens (tertiary/aromatic N) is 5. The third-order valence-electron chi connectivity index (χ3n) is 4.59. The molecule has 0 aliphatic carbocycles. The van der Waals surface area contributed by atoms with Gasteiger partial charge < -0.3 is 10.0 Å². The number of benzene rings is 1. The number of rotatable bonds is 5. The maximum absolute atomic E-state index is 13.1. The number of aliphatic carboxylic acids is 1. The van der Waals surface area contributed by atoms with Crippen molar-refractivity contribution in [2.24, 2.45) is 5.92 Å². The lowest BCUT2D eigenvalue weighted by molar-refractivity contribution is -0.146. The van der Waals surface area contributed by atoms with Crippen molar-refractivity contribution in [3.05, 3.63) is 41.7 Å². The largest absolute Gasteiger partial charge is 0.481 e. The summed E-state index contributed by atoms with van der Waals surface area (Å²) in [5.41, 5.74) is 1.00. The van der Waals surface area contributed by atoms with Crippen molar-refractivity contribution in [2.45, 2.75) is 32.2 Å². The summed E-state index contributed by atoms with van der Waals surface area (Å²) >= 11 is 0. The first-order valence-corrected chi connectivity index (χ1v) is 8.36. The van der Waals surface area contributed by atoms with Crippen LogP contribution in [0.5, 0.6) is 0 Å². The summed E-state index contributed by atoms with van der Waals surface area (Å²) in [6.45, 7) is 2.55. The van der Waals surface area contributed by atoms with Crippen LogP contribution in [-0.4, -0.2) is 55.2 Å². The molecule has 0 radical (unpaired) electrons. The van der Waals surface area contributed by atoms with Crippen molar-refractivity contribution in [2.75, 3.05) is 13.1 Å². The Kier molecular flexibility index (Phi) is 5.06. The molecule has 1 aliphatic rings. The van der Waals surface area contributed by atoms with Crippen molar-refractivity contribution >= 4 is 11.9 Å². The standard InChI is InChI=1S/C17H21N5O3/c1-12-18-19-20-22(12)15(10-13-6-3-2-4-7-13)16(23)21-9-5-8-14(11-21)17(24)25/h2-4,6-7,14-15H,5,8-11H2,1H3,(H,24,25)/t14-,15+/m1/s1. The summed E-state index contributed by atoms with van der Waals surface area (Å²) in [5, 5.41) is 20.8. The topological polar surface area (TPSA) is 101 Å². The molecule has 1 amide bonds. The highest BCUT2D eigenvalue weighted by Gasteiger charge is 2.33. The highest BCUT2D eigenvalue weighted by atomic mass is 16.4. The lowest BCUT2D eigenvalue weighted by Crippen LogP contribution is -2.46. The average Bonchev–Trinajstić information content (AvgIpc) is 3.06. The minimum absolute atomic E-state index is 0.134. The molecule has 8 nitrogen and oxygen atoms in total. The molecular formula is C17H21N5O3. The van der Waals surface area contributed by atoms with Gasteiger partial charge in [-0.1, -0.05) is 30.3 Å². The van der Waals surface area contributed by atoms with E-state index in [0.717, 1.165) is 5.56 Å². The molecule has 3 rings (SSSR count). The van der Waals surface area contributed by atoms with E-state index in [1.54, 1.807) is 11.8 Å². The number of piperidine rings is 1. The van der Waals surface area contributed by atoms with Crippen LogP contribution in [0.4, 0.5) is 0 Å². The average molecular weight is 343 g/mol. The first-order chi connectivity index (χ1) is 12.1. The molecule has 1 aliphatic heterocycles. The number of aromatic nitrogens is 4. The molecule has 1 N–H and O–H groups in total. The van der Waals surface area contributed by atoms with E-state index in [9.17, 15) is 14.7 Å². The van der Waals surface area contributed by atoms with Crippen molar-refractivity contribution in [3.63, 3.8) is 0 Å². The number of carbonyl (C=O) groups is 2. The Balaban J connectivity index is 1.84. The van der Waals surface area contributed by atoms with E-state index >= 15 is 0 Å². The zero-order valence-electron chi connectivity index (χ0n) is 14.1. The smallest absolute Gasteiger partial charge is 0.308 e. The zero-order chi connectivity index (χ0) is 17.8. The molecule has 0 saturated carbocycles. The molecule has 0 spiro atoms. The number of carboxylic acids is 1. The van der Waals surface area contributed by atoms with Gasteiger partial charge in [0.05, 0.1) is 5.92 Å². The molecule has 2 atom stereocenters. The number of amides is 1. The second-order valence-corrected chi connectivity index (χ2v) is 6.34. The summed E-state index contributed by atoms with van der Waals surface area (Å²) in [4.78, 5) is 26.1. The molecule has 2 heterocycles. The molecule has 25 heavy (non-hydrogen) atoms. The van der Waals surface area contributed by atoms with E-state index < -0.39 is 17.9 Å². The number of tetrazole rings is 1. The molecule has 8 heteroatoms. The van der Waals surface area contributed by atoms with Gasteiger partial charge in [-0.25, -0.2) is 4.68 Å². The lowest BCUT2D eigenvalue weighted by atomic mass is 9.96. The molecule has 0 bridgehead atoms. The molecule has 1 saturated heterocycles. The molecule has 0 unspecified atom stereocenters. The van der Waals surface area contributed by atoms with Crippen LogP contribution in [0.25, 0.3) is 0 Å². The number of likely N-dealkylation sites (tertiary alicyclic amines) is 1. The highest BCUT2D eigenvalue weighted by Crippen LogP contribution is 2.23. The fourth-order valence-electron chi connectivity index (χ4n) is 3.23. The number of hydrogen-bond donors (Lipinski definition) is 1. The van der Waals surface area contributed by atoms with Gasteiger partial charge in [0.1, 0.15) is 11.9 Å². The zero-order valence-corrected chi connectivity index (χ0v) is 14.1. The highest BCUT2D eigenvalue weighted by molar-refractivity contribution is 5.82. The third kappa shape index (κ3) is 3.84. The first-order valence-electron chi connectivity index (χ1n) is 8.36. The number of carboxylic acid groups (broad SMARTS) is 1. The fourth-order valence-corrected chi connectivity index (χ4v) is 3.23. The van der Waals surface area contributed by atoms with Crippen LogP contribution >= 0.6 is 0 Å². The molecule has 1 aromatic heterocycles. The van der Waals surface area contributed by atoms with Crippen LogP contribution in [0.1, 0.15) is 30.3 Å². The van der Waals surface area contributed by atoms with E-state index in [4.69, 9.17) is 0 Å². The Morgan fingerprint density at radius 3 is 2.72 bits per heavy atom. The number of aryl methyl sites for hydroxylation is 1. The monoisotopic (exact) mass is 343 g/mol. The lowest BCUT2D eigenvalue weighted by Gasteiger charge is -2.33. The summed E-state index contributed by atoms with van der Waals surface area (Å²) in [7, 11) is 0. The van der Waals surface area contributed by atoms with Crippen LogP contribution in [0, 0.1) is 12.8 Å². The molecule has 1 aromatic carbocycles. The van der Waals surface area contributed by atoms with E-state index in [-0.39, 0.29) is 12.5 Å². The molecular weight excluding hydrogens is 322 g/mol. The predicted molar refractivity (Wildman–Crippen MR) is 88.7 cm³/mol. The molecule has 2 aromatic rings. The number of hydrogen-bond acceptors (Lipinski definition) is 5. The first kappa shape index (κ1) is 17.1. The van der Waals surface area contributed by atoms with E-state index in [1.165, 1.54) is 4.68 Å². The van der Waals surface area contributed by atoms with Gasteiger partial charge in [0.15, 0.2) is 0 Å². The van der Waals surface area contributed by atoms with Gasteiger partial charge in [-0.2, -0.15) is 0 Å². The number of carbonyl (C=O) groups excluding carboxylic acids is 1. The minimum Gasteiger partial charge on any atom is -0.481 e. The van der Waals surface area contributed by atoms with Gasteiger partial charge in [-0.05, 0) is 35.8 Å². The van der Waals surface area contributed by atoms with Gasteiger partial charge >= 0.3 is 5.97 Å². The van der Waals surface area contributed by atoms with Crippen molar-refractivity contribution in [3.8, 4) is 0 Å². The molecule has 1 fully saturated rings. The Labute approximate surface area is 145 Å². The second-order valence-electron chi connectivity index (χ2n) is 6.34. The Morgan fingerprint density at radius 1 is 1.32 bits per heavy atom. The quantitative estimate of drug-likeness (QED) is 0.872. The summed E-state index contributed by atoms with van der Waals surface area (Å²) in [6, 6.07) is 9.09. The molecule has 132 valence electrons. The van der Waals surface area contributed by atoms with Crippen molar-refractivity contribution in [1.82, 2.24) is 25.1 Å². The van der Waals surface area contributed by atoms with Crippen LogP contribution in [-0.2, 0) is 16.0 Å². The van der Waals surface area contributed by atoms with E-state index in [0.29, 0.717) is 31.6 Å². The van der Waals surface area contributed by atoms with E-state index in [2.05, 4.69) is 15.5 Å². The van der Waals surface area contributed by atoms with Gasteiger partial charge in [-0.3, -0.25) is 9.59 Å². The Hall–Kier alpha value is -2.77. The van der Waals surface area contributed by atoms with Crippen LogP contribution in [0.15, 0.2) is 30.3 Å². The maximum Gasteiger partial charge on any atom is 0.308 e. The maximum atomic E-state index is 13.1. The Bertz CT molecular complexity index is 746. The van der Waals surface area contributed by atoms with Crippen molar-refractivity contribution < 1.29 is 14.7 Å². The van der Waals surface area contributed by atoms with Crippen LogP contribution in [0.2, 0.25) is 0 Å². The van der Waals surface area contributed by atoms with Gasteiger partial charge in [-0.15, -0.1) is 5.10 Å². The van der Waals surface area contributed by atoms with Gasteiger partial charge in [0.2, 0.25) is 5.91 Å². The van der Waals surface area contributed by atoms with Crippen LogP contribution in [0.3, 0.4) is 0 Å². The summed E-state index contributed by atoms with van der Waals surface area (Å²) in [5.74, 6) is -0.938. The summed E-state index contributed by atoms with van der Waals surface area (Å²) < 4.78 is 1.53. The van der Waals surface area contributed by atoms with E-state index in [1.807, 2.05) is 30.3 Å². The Morgan fingerprint density at radius 2 is 2.08 bits per heavy atom. The fraction of sp³-hybridized carbons (Fsp3) is 0.471. The third-order valence-corrected chi connectivity index (χ3v) is 4.59. The summed E-state index contributed by atoms with van der Waals surface area (Å²) in [6.07, 6.45) is 1.75. The normalized spacial score (nSPS) is 18.8. The predicted octanol–water partition coefficient (Wildman–Crippen LogP) is 1.09. The second kappa shape index (κ2) is 7.42. The minimum atomic E-state index is -0.851. The van der Waals surface area contributed by atoms with Crippen LogP contribution < -0.4 is 0 Å². The van der Waals surface area contributed by atoms with Gasteiger partial charge in [0, 0.05) is 19.5 Å². The SMILES string of the molecule is Cc1nnnn1[C@@H](Cc1ccccc1)C(=O)N1CCC[C@@H](C(=O)O)C1. The van der Waals surface area contributed by atoms with Crippen molar-refractivity contribution in [1.29, 1.82) is 0 Å². The van der Waals surface area contributed by atoms with Gasteiger partial charge in [0.25, 0.3) is 0 Å².